The molecule has 0 fully saturated rings. The maximum Gasteiger partial charge on any atom is 0.286 e. The van der Waals surface area contributed by atoms with E-state index in [1.807, 2.05) is 6.92 Å². The Hall–Kier alpha value is -2.72. The predicted octanol–water partition coefficient (Wildman–Crippen LogP) is 2.96. The van der Waals surface area contributed by atoms with Crippen LogP contribution in [0, 0.1) is 0 Å². The Bertz CT molecular complexity index is 1050. The van der Waals surface area contributed by atoms with E-state index in [2.05, 4.69) is 9.71 Å². The van der Waals surface area contributed by atoms with Gasteiger partial charge in [0.25, 0.3) is 10.0 Å². The van der Waals surface area contributed by atoms with Crippen LogP contribution in [-0.2, 0) is 14.8 Å². The number of benzene rings is 2. The number of thioether (sulfide) groups is 1. The molecule has 1 amide bonds. The number of fused-ring (bicyclic) bond motifs is 1. The first-order chi connectivity index (χ1) is 13.9. The molecule has 1 N–H and O–H groups in total. The van der Waals surface area contributed by atoms with Crippen molar-refractivity contribution in [2.24, 2.45) is 4.40 Å². The van der Waals surface area contributed by atoms with Crippen LogP contribution >= 0.6 is 11.8 Å². The predicted molar refractivity (Wildman–Crippen MR) is 115 cm³/mol. The van der Waals surface area contributed by atoms with E-state index in [0.717, 1.165) is 11.8 Å². The van der Waals surface area contributed by atoms with Crippen LogP contribution in [0.1, 0.15) is 6.92 Å². The van der Waals surface area contributed by atoms with Gasteiger partial charge in [-0.15, -0.1) is 4.40 Å². The molecule has 0 aromatic heterocycles. The number of sulfonamides is 1. The van der Waals surface area contributed by atoms with Crippen LogP contribution in [0.2, 0.25) is 0 Å². The standard InChI is InChI=1S/C19H21N3O5S2/c1-4-22-14-7-5-6-8-17(14)29(24,25)21-19(22)28-12-18(23)20-13-9-10-15(26-2)16(11-13)27-3/h5-11H,4,12H2,1-3H3,(H,20,23). The average molecular weight is 436 g/mol. The van der Waals surface area contributed by atoms with Crippen molar-refractivity contribution >= 4 is 44.2 Å². The smallest absolute Gasteiger partial charge is 0.286 e. The van der Waals surface area contributed by atoms with E-state index in [4.69, 9.17) is 9.47 Å². The van der Waals surface area contributed by atoms with E-state index >= 15 is 0 Å². The van der Waals surface area contributed by atoms with Gasteiger partial charge in [0.1, 0.15) is 4.90 Å². The Labute approximate surface area is 174 Å². The van der Waals surface area contributed by atoms with Crippen molar-refractivity contribution in [1.82, 2.24) is 0 Å². The fraction of sp³-hybridized carbons (Fsp3) is 0.263. The zero-order valence-corrected chi connectivity index (χ0v) is 17.8. The maximum absolute atomic E-state index is 12.5. The second-order valence-electron chi connectivity index (χ2n) is 5.97. The number of anilines is 2. The molecular formula is C19H21N3O5S2. The van der Waals surface area contributed by atoms with Crippen LogP contribution in [-0.4, -0.2) is 46.0 Å². The van der Waals surface area contributed by atoms with Gasteiger partial charge in [0.05, 0.1) is 25.7 Å². The summed E-state index contributed by atoms with van der Waals surface area (Å²) in [5, 5.41) is 3.03. The maximum atomic E-state index is 12.5. The molecule has 1 aliphatic heterocycles. The van der Waals surface area contributed by atoms with Crippen LogP contribution in [0.4, 0.5) is 11.4 Å². The van der Waals surface area contributed by atoms with Crippen molar-refractivity contribution in [2.75, 3.05) is 36.7 Å². The lowest BCUT2D eigenvalue weighted by molar-refractivity contribution is -0.113. The van der Waals surface area contributed by atoms with Gasteiger partial charge >= 0.3 is 0 Å². The number of nitrogens with zero attached hydrogens (tertiary/aromatic N) is 2. The molecule has 0 saturated carbocycles. The Kier molecular flexibility index (Phi) is 6.33. The highest BCUT2D eigenvalue weighted by atomic mass is 32.2. The van der Waals surface area contributed by atoms with Crippen LogP contribution in [0.5, 0.6) is 11.5 Å². The molecule has 29 heavy (non-hydrogen) atoms. The van der Waals surface area contributed by atoms with Crippen molar-refractivity contribution in [3.8, 4) is 11.5 Å². The van der Waals surface area contributed by atoms with Crippen molar-refractivity contribution in [2.45, 2.75) is 11.8 Å². The summed E-state index contributed by atoms with van der Waals surface area (Å²) < 4.78 is 39.2. The van der Waals surface area contributed by atoms with Crippen LogP contribution < -0.4 is 19.7 Å². The van der Waals surface area contributed by atoms with Crippen molar-refractivity contribution in [3.05, 3.63) is 42.5 Å². The van der Waals surface area contributed by atoms with Crippen LogP contribution in [0.3, 0.4) is 0 Å². The van der Waals surface area contributed by atoms with E-state index in [1.165, 1.54) is 20.3 Å². The number of carbonyl (C=O) groups excluding carboxylic acids is 1. The highest BCUT2D eigenvalue weighted by molar-refractivity contribution is 8.15. The summed E-state index contributed by atoms with van der Waals surface area (Å²) in [6.45, 7) is 2.42. The number of rotatable bonds is 6. The minimum absolute atomic E-state index is 0.00135. The lowest BCUT2D eigenvalue weighted by Crippen LogP contribution is -2.34. The summed E-state index contributed by atoms with van der Waals surface area (Å²) in [4.78, 5) is 14.3. The SMILES string of the molecule is CCN1C(SCC(=O)Nc2ccc(OC)c(OC)c2)=NS(=O)(=O)c2ccccc21. The zero-order valence-electron chi connectivity index (χ0n) is 16.2. The normalized spacial score (nSPS) is 14.6. The highest BCUT2D eigenvalue weighted by Gasteiger charge is 2.30. The molecule has 2 aromatic rings. The molecule has 0 saturated heterocycles. The molecule has 8 nitrogen and oxygen atoms in total. The molecule has 0 radical (unpaired) electrons. The van der Waals surface area contributed by atoms with Crippen molar-refractivity contribution < 1.29 is 22.7 Å². The second-order valence-corrected chi connectivity index (χ2v) is 8.48. The molecule has 1 heterocycles. The van der Waals surface area contributed by atoms with Gasteiger partial charge < -0.3 is 19.7 Å². The minimum Gasteiger partial charge on any atom is -0.493 e. The van der Waals surface area contributed by atoms with Gasteiger partial charge in [-0.2, -0.15) is 8.42 Å². The summed E-state index contributed by atoms with van der Waals surface area (Å²) in [7, 11) is -0.751. The third-order valence-corrected chi connectivity index (χ3v) is 6.59. The van der Waals surface area contributed by atoms with Crippen LogP contribution in [0.15, 0.2) is 51.8 Å². The highest BCUT2D eigenvalue weighted by Crippen LogP contribution is 2.34. The summed E-state index contributed by atoms with van der Waals surface area (Å²) >= 11 is 1.07. The van der Waals surface area contributed by atoms with E-state index in [-0.39, 0.29) is 21.7 Å². The summed E-state index contributed by atoms with van der Waals surface area (Å²) in [6.07, 6.45) is 0. The number of para-hydroxylation sites is 1. The van der Waals surface area contributed by atoms with Gasteiger partial charge in [0.2, 0.25) is 5.91 Å². The summed E-state index contributed by atoms with van der Waals surface area (Å²) in [5.41, 5.74) is 1.11. The third-order valence-electron chi connectivity index (χ3n) is 4.18. The van der Waals surface area contributed by atoms with Gasteiger partial charge in [-0.25, -0.2) is 0 Å². The first-order valence-electron chi connectivity index (χ1n) is 8.75. The molecule has 3 rings (SSSR count). The van der Waals surface area contributed by atoms with Crippen molar-refractivity contribution in [1.29, 1.82) is 0 Å². The number of methoxy groups -OCH3 is 2. The van der Waals surface area contributed by atoms with Gasteiger partial charge in [-0.3, -0.25) is 4.79 Å². The number of hydrogen-bond donors (Lipinski definition) is 1. The fourth-order valence-corrected chi connectivity index (χ4v) is 5.17. The lowest BCUT2D eigenvalue weighted by Gasteiger charge is -2.29. The van der Waals surface area contributed by atoms with E-state index in [1.54, 1.807) is 41.3 Å². The van der Waals surface area contributed by atoms with Crippen LogP contribution in [0.25, 0.3) is 0 Å². The first kappa shape index (κ1) is 21.0. The van der Waals surface area contributed by atoms with E-state index in [9.17, 15) is 13.2 Å². The topological polar surface area (TPSA) is 97.3 Å². The molecular weight excluding hydrogens is 414 g/mol. The molecule has 0 spiro atoms. The molecule has 0 aliphatic carbocycles. The second kappa shape index (κ2) is 8.75. The Balaban J connectivity index is 1.72. The van der Waals surface area contributed by atoms with Gasteiger partial charge in [0.15, 0.2) is 16.7 Å². The molecule has 2 aromatic carbocycles. The average Bonchev–Trinajstić information content (AvgIpc) is 2.72. The number of nitrogens with one attached hydrogen (secondary N) is 1. The number of hydrogen-bond acceptors (Lipinski definition) is 7. The largest absolute Gasteiger partial charge is 0.493 e. The fourth-order valence-electron chi connectivity index (χ4n) is 2.85. The van der Waals surface area contributed by atoms with Gasteiger partial charge in [-0.1, -0.05) is 23.9 Å². The summed E-state index contributed by atoms with van der Waals surface area (Å²) in [5.74, 6) is 0.757. The summed E-state index contributed by atoms with van der Waals surface area (Å²) in [6, 6.07) is 11.7. The number of carbonyl (C=O) groups is 1. The lowest BCUT2D eigenvalue weighted by atomic mass is 10.2. The molecule has 1 aliphatic rings. The monoisotopic (exact) mass is 435 g/mol. The van der Waals surface area contributed by atoms with Gasteiger partial charge in [-0.05, 0) is 31.2 Å². The Morgan fingerprint density at radius 2 is 1.86 bits per heavy atom. The first-order valence-corrected chi connectivity index (χ1v) is 11.2. The zero-order chi connectivity index (χ0) is 21.0. The van der Waals surface area contributed by atoms with Gasteiger partial charge in [0, 0.05) is 18.3 Å². The quantitative estimate of drug-likeness (QED) is 0.745. The number of amidine groups is 1. The Morgan fingerprint density at radius 3 is 2.55 bits per heavy atom. The molecule has 10 heteroatoms. The molecule has 154 valence electrons. The Morgan fingerprint density at radius 1 is 1.14 bits per heavy atom. The molecule has 0 atom stereocenters. The molecule has 0 bridgehead atoms. The van der Waals surface area contributed by atoms with E-state index in [0.29, 0.717) is 29.4 Å². The number of amides is 1. The molecule has 0 unspecified atom stereocenters. The third kappa shape index (κ3) is 4.48. The van der Waals surface area contributed by atoms with Crippen molar-refractivity contribution in [3.63, 3.8) is 0 Å². The van der Waals surface area contributed by atoms with E-state index < -0.39 is 10.0 Å². The number of ether oxygens (including phenoxy) is 2. The minimum atomic E-state index is -3.79.